The fourth-order valence-electron chi connectivity index (χ4n) is 3.49. The van der Waals surface area contributed by atoms with Crippen molar-refractivity contribution in [1.82, 2.24) is 0 Å². The molecule has 1 aromatic carbocycles. The minimum Gasteiger partial charge on any atom is -0.463 e. The van der Waals surface area contributed by atoms with Gasteiger partial charge >= 0.3 is 5.97 Å². The summed E-state index contributed by atoms with van der Waals surface area (Å²) >= 11 is 1.54. The summed E-state index contributed by atoms with van der Waals surface area (Å²) in [5, 5.41) is 11.1. The summed E-state index contributed by atoms with van der Waals surface area (Å²) in [7, 11) is 1.25. The Labute approximate surface area is 195 Å². The van der Waals surface area contributed by atoms with Crippen molar-refractivity contribution in [3.8, 4) is 0 Å². The van der Waals surface area contributed by atoms with Gasteiger partial charge in [-0.1, -0.05) is 64.5 Å². The van der Waals surface area contributed by atoms with Gasteiger partial charge in [-0.15, -0.1) is 11.8 Å². The van der Waals surface area contributed by atoms with Gasteiger partial charge in [0.05, 0.1) is 23.8 Å². The van der Waals surface area contributed by atoms with Gasteiger partial charge in [0.25, 0.3) is 0 Å². The zero-order valence-electron chi connectivity index (χ0n) is 19.5. The average molecular weight is 461 g/mol. The Morgan fingerprint density at radius 2 is 1.88 bits per heavy atom. The van der Waals surface area contributed by atoms with Crippen LogP contribution in [0.2, 0.25) is 0 Å². The molecule has 2 rings (SSSR count). The van der Waals surface area contributed by atoms with Crippen molar-refractivity contribution in [3.05, 3.63) is 52.4 Å². The highest BCUT2D eigenvalue weighted by molar-refractivity contribution is 8.00. The Balaban J connectivity index is 2.17. The van der Waals surface area contributed by atoms with Crippen molar-refractivity contribution < 1.29 is 19.1 Å². The van der Waals surface area contributed by atoms with Crippen LogP contribution in [0, 0.1) is 0 Å². The number of carbonyl (C=O) groups is 1. The van der Waals surface area contributed by atoms with E-state index in [-0.39, 0.29) is 16.4 Å². The van der Waals surface area contributed by atoms with Gasteiger partial charge in [0.15, 0.2) is 5.43 Å². The molecule has 5 nitrogen and oxygen atoms in total. The number of methoxy groups -OCH3 is 1. The van der Waals surface area contributed by atoms with Gasteiger partial charge in [-0.25, -0.2) is 4.79 Å². The number of ether oxygens (including phenoxy) is 1. The highest BCUT2D eigenvalue weighted by atomic mass is 32.2. The predicted molar refractivity (Wildman–Crippen MR) is 132 cm³/mol. The summed E-state index contributed by atoms with van der Waals surface area (Å²) in [5.74, 6) is -0.800. The fourth-order valence-corrected chi connectivity index (χ4v) is 4.61. The number of allylic oxidation sites excluding steroid dienone is 1. The summed E-state index contributed by atoms with van der Waals surface area (Å²) < 4.78 is 10.3. The topological polar surface area (TPSA) is 76.7 Å². The van der Waals surface area contributed by atoms with Crippen LogP contribution >= 0.6 is 11.8 Å². The van der Waals surface area contributed by atoms with E-state index >= 15 is 0 Å². The lowest BCUT2D eigenvalue weighted by Gasteiger charge is -2.19. The van der Waals surface area contributed by atoms with Gasteiger partial charge in [-0.05, 0) is 37.5 Å². The van der Waals surface area contributed by atoms with Gasteiger partial charge in [0.1, 0.15) is 5.58 Å². The Morgan fingerprint density at radius 3 is 2.59 bits per heavy atom. The second kappa shape index (κ2) is 14.2. The van der Waals surface area contributed by atoms with Crippen LogP contribution in [0.3, 0.4) is 0 Å². The summed E-state index contributed by atoms with van der Waals surface area (Å²) in [6.07, 6.45) is 13.8. The number of unbranched alkanes of at least 4 members (excludes halogenated alkanes) is 6. The SMILES string of the molecule is CCCCCCCC=C[C@@H](Sc1ccc2c(=O)cc(C(=O)OC)oc2c1)[C@@H](O)CCCC. The van der Waals surface area contributed by atoms with Crippen LogP contribution < -0.4 is 5.43 Å². The van der Waals surface area contributed by atoms with Crippen LogP contribution in [0.5, 0.6) is 0 Å². The Kier molecular flexibility index (Phi) is 11.6. The Hall–Kier alpha value is -2.05. The van der Waals surface area contributed by atoms with E-state index in [9.17, 15) is 14.7 Å². The molecule has 2 aromatic rings. The number of thioether (sulfide) groups is 1. The molecule has 2 atom stereocenters. The molecule has 32 heavy (non-hydrogen) atoms. The molecule has 0 amide bonds. The highest BCUT2D eigenvalue weighted by Gasteiger charge is 2.19. The van der Waals surface area contributed by atoms with Gasteiger partial charge in [0, 0.05) is 11.0 Å². The molecule has 0 bridgehead atoms. The van der Waals surface area contributed by atoms with E-state index in [1.807, 2.05) is 6.07 Å². The smallest absolute Gasteiger partial charge is 0.374 e. The number of fused-ring (bicyclic) bond motifs is 1. The molecule has 0 aliphatic heterocycles. The van der Waals surface area contributed by atoms with E-state index < -0.39 is 12.1 Å². The quantitative estimate of drug-likeness (QED) is 0.150. The molecule has 0 radical (unpaired) electrons. The number of benzene rings is 1. The zero-order chi connectivity index (χ0) is 23.3. The molecule has 0 saturated carbocycles. The zero-order valence-corrected chi connectivity index (χ0v) is 20.3. The van der Waals surface area contributed by atoms with Gasteiger partial charge in [-0.2, -0.15) is 0 Å². The van der Waals surface area contributed by atoms with Crippen molar-refractivity contribution in [1.29, 1.82) is 0 Å². The van der Waals surface area contributed by atoms with Gasteiger partial charge in [0.2, 0.25) is 5.76 Å². The van der Waals surface area contributed by atoms with Crippen LogP contribution in [0.1, 0.15) is 82.2 Å². The largest absolute Gasteiger partial charge is 0.463 e. The standard InChI is InChI=1S/C26H36O5S/c1-4-6-8-9-10-11-12-14-25(21(27)13-7-5-2)32-19-15-16-20-22(28)18-24(26(29)30-3)31-23(20)17-19/h12,14-18,21,25,27H,4-11,13H2,1-3H3/t21-,25+/m0/s1. The minimum atomic E-state index is -0.684. The lowest BCUT2D eigenvalue weighted by Crippen LogP contribution is -2.21. The average Bonchev–Trinajstić information content (AvgIpc) is 2.80. The molecule has 1 N–H and O–H groups in total. The second-order valence-electron chi connectivity index (χ2n) is 8.05. The molecule has 1 aromatic heterocycles. The first-order chi connectivity index (χ1) is 15.5. The van der Waals surface area contributed by atoms with E-state index in [4.69, 9.17) is 4.42 Å². The normalized spacial score (nSPS) is 13.5. The van der Waals surface area contributed by atoms with Crippen LogP contribution in [-0.4, -0.2) is 29.5 Å². The maximum absolute atomic E-state index is 12.3. The number of rotatable bonds is 14. The first kappa shape index (κ1) is 26.2. The molecular formula is C26H36O5S. The molecule has 1 heterocycles. The maximum atomic E-state index is 12.3. The number of aliphatic hydroxyl groups excluding tert-OH is 1. The van der Waals surface area contributed by atoms with Crippen LogP contribution in [-0.2, 0) is 4.74 Å². The fraction of sp³-hybridized carbons (Fsp3) is 0.538. The van der Waals surface area contributed by atoms with Crippen molar-refractivity contribution in [3.63, 3.8) is 0 Å². The summed E-state index contributed by atoms with van der Waals surface area (Å²) in [5.41, 5.74) is 0.0512. The number of esters is 1. The Bertz CT molecular complexity index is 933. The van der Waals surface area contributed by atoms with Gasteiger partial charge in [-0.3, -0.25) is 4.79 Å². The number of aliphatic hydroxyl groups is 1. The van der Waals surface area contributed by atoms with E-state index in [0.29, 0.717) is 11.0 Å². The summed E-state index contributed by atoms with van der Waals surface area (Å²) in [6, 6.07) is 6.48. The molecule has 0 unspecified atom stereocenters. The predicted octanol–water partition coefficient (Wildman–Crippen LogP) is 6.51. The molecule has 0 saturated heterocycles. The van der Waals surface area contributed by atoms with Crippen LogP contribution in [0.25, 0.3) is 11.0 Å². The lowest BCUT2D eigenvalue weighted by atomic mass is 10.1. The van der Waals surface area contributed by atoms with Crippen molar-refractivity contribution in [2.75, 3.05) is 7.11 Å². The molecule has 0 fully saturated rings. The first-order valence-electron chi connectivity index (χ1n) is 11.7. The Morgan fingerprint density at radius 1 is 1.12 bits per heavy atom. The molecular weight excluding hydrogens is 424 g/mol. The third-order valence-electron chi connectivity index (χ3n) is 5.39. The molecule has 176 valence electrons. The molecule has 0 aliphatic rings. The summed E-state index contributed by atoms with van der Waals surface area (Å²) in [6.45, 7) is 4.33. The third-order valence-corrected chi connectivity index (χ3v) is 6.66. The monoisotopic (exact) mass is 460 g/mol. The van der Waals surface area contributed by atoms with Crippen molar-refractivity contribution in [2.24, 2.45) is 0 Å². The maximum Gasteiger partial charge on any atom is 0.374 e. The van der Waals surface area contributed by atoms with Gasteiger partial charge < -0.3 is 14.3 Å². The van der Waals surface area contributed by atoms with Crippen molar-refractivity contribution in [2.45, 2.75) is 87.9 Å². The van der Waals surface area contributed by atoms with E-state index in [1.54, 1.807) is 23.9 Å². The number of hydrogen-bond acceptors (Lipinski definition) is 6. The minimum absolute atomic E-state index is 0.0925. The second-order valence-corrected chi connectivity index (χ2v) is 9.30. The highest BCUT2D eigenvalue weighted by Crippen LogP contribution is 2.30. The molecule has 0 aliphatic carbocycles. The van der Waals surface area contributed by atoms with E-state index in [1.165, 1.54) is 32.8 Å². The summed E-state index contributed by atoms with van der Waals surface area (Å²) in [4.78, 5) is 25.0. The number of hydrogen-bond donors (Lipinski definition) is 1. The van der Waals surface area contributed by atoms with Crippen LogP contribution in [0.4, 0.5) is 0 Å². The van der Waals surface area contributed by atoms with E-state index in [0.717, 1.165) is 43.1 Å². The van der Waals surface area contributed by atoms with Crippen molar-refractivity contribution >= 4 is 28.7 Å². The number of carbonyl (C=O) groups excluding carboxylic acids is 1. The first-order valence-corrected chi connectivity index (χ1v) is 12.6. The molecule has 0 spiro atoms. The molecule has 6 heteroatoms. The third kappa shape index (κ3) is 8.14. The van der Waals surface area contributed by atoms with Crippen LogP contribution in [0.15, 0.2) is 50.5 Å². The van der Waals surface area contributed by atoms with E-state index in [2.05, 4.69) is 30.7 Å². The lowest BCUT2D eigenvalue weighted by molar-refractivity contribution is 0.0565.